The highest BCUT2D eigenvalue weighted by Gasteiger charge is 2.22. The van der Waals surface area contributed by atoms with Crippen LogP contribution in [0.4, 0.5) is 0 Å². The van der Waals surface area contributed by atoms with Gasteiger partial charge in [-0.3, -0.25) is 9.55 Å². The van der Waals surface area contributed by atoms with Crippen molar-refractivity contribution in [2.24, 2.45) is 0 Å². The molecule has 0 bridgehead atoms. The van der Waals surface area contributed by atoms with Crippen molar-refractivity contribution in [1.29, 1.82) is 0 Å². The van der Waals surface area contributed by atoms with Gasteiger partial charge in [-0.25, -0.2) is 4.98 Å². The Morgan fingerprint density at radius 3 is 1.52 bits per heavy atom. The fraction of sp³-hybridized carbons (Fsp3) is 0. The van der Waals surface area contributed by atoms with Crippen LogP contribution < -0.4 is 0 Å². The van der Waals surface area contributed by atoms with Crippen LogP contribution in [0.5, 0.6) is 0 Å². The Kier molecular flexibility index (Phi) is 7.77. The lowest BCUT2D eigenvalue weighted by atomic mass is 10.0. The van der Waals surface area contributed by atoms with Crippen molar-refractivity contribution in [3.63, 3.8) is 0 Å². The van der Waals surface area contributed by atoms with Crippen LogP contribution in [0.1, 0.15) is 0 Å². The molecule has 0 spiro atoms. The van der Waals surface area contributed by atoms with Crippen LogP contribution >= 0.6 is 0 Å². The third kappa shape index (κ3) is 5.46. The van der Waals surface area contributed by atoms with E-state index in [0.717, 1.165) is 77.2 Å². The van der Waals surface area contributed by atoms with Gasteiger partial charge in [0.1, 0.15) is 0 Å². The zero-order valence-corrected chi connectivity index (χ0v) is 33.8. The lowest BCUT2D eigenvalue weighted by molar-refractivity contribution is 0.951. The minimum Gasteiger partial charge on any atom is -0.309 e. The van der Waals surface area contributed by atoms with Crippen LogP contribution in [0.15, 0.2) is 213 Å². The summed E-state index contributed by atoms with van der Waals surface area (Å²) >= 11 is 0. The molecule has 0 N–H and O–H groups in total. The molecule has 0 aliphatic heterocycles. The van der Waals surface area contributed by atoms with E-state index in [1.165, 1.54) is 21.8 Å². The van der Waals surface area contributed by atoms with Gasteiger partial charge in [-0.2, -0.15) is 9.97 Å². The highest BCUT2D eigenvalue weighted by atomic mass is 15.2. The third-order valence-electron chi connectivity index (χ3n) is 12.4. The molecule has 0 unspecified atom stereocenters. The highest BCUT2D eigenvalue weighted by molar-refractivity contribution is 6.13. The number of pyridine rings is 1. The van der Waals surface area contributed by atoms with Gasteiger partial charge in [-0.05, 0) is 83.9 Å². The van der Waals surface area contributed by atoms with Gasteiger partial charge >= 0.3 is 0 Å². The molecule has 13 aromatic rings. The minimum atomic E-state index is 0.548. The second-order valence-corrected chi connectivity index (χ2v) is 15.9. The smallest absolute Gasteiger partial charge is 0.238 e. The van der Waals surface area contributed by atoms with Crippen LogP contribution in [-0.2, 0) is 0 Å². The molecule has 0 atom stereocenters. The third-order valence-corrected chi connectivity index (χ3v) is 12.4. The Balaban J connectivity index is 1.01. The number of nitrogens with zero attached hydrogens (tertiary/aromatic N) is 7. The van der Waals surface area contributed by atoms with Gasteiger partial charge in [0.15, 0.2) is 11.6 Å². The summed E-state index contributed by atoms with van der Waals surface area (Å²) in [6.45, 7) is 0. The fourth-order valence-corrected chi connectivity index (χ4v) is 9.61. The molecule has 0 amide bonds. The number of hydrogen-bond donors (Lipinski definition) is 0. The Hall–Kier alpha value is -8.68. The first-order chi connectivity index (χ1) is 31.3. The maximum Gasteiger partial charge on any atom is 0.238 e. The molecule has 5 aromatic heterocycles. The van der Waals surface area contributed by atoms with Crippen LogP contribution in [0.25, 0.3) is 117 Å². The summed E-state index contributed by atoms with van der Waals surface area (Å²) in [7, 11) is 0. The highest BCUT2D eigenvalue weighted by Crippen LogP contribution is 2.40. The molecule has 294 valence electrons. The number of hydrogen-bond acceptors (Lipinski definition) is 4. The summed E-state index contributed by atoms with van der Waals surface area (Å²) in [6, 6.07) is 70.5. The zero-order chi connectivity index (χ0) is 41.4. The summed E-state index contributed by atoms with van der Waals surface area (Å²) in [6.07, 6.45) is 3.79. The number of benzene rings is 8. The number of aromatic nitrogens is 7. The first-order valence-corrected chi connectivity index (χ1v) is 21.1. The van der Waals surface area contributed by atoms with Crippen molar-refractivity contribution < 1.29 is 0 Å². The summed E-state index contributed by atoms with van der Waals surface area (Å²) < 4.78 is 6.82. The Morgan fingerprint density at radius 2 is 0.825 bits per heavy atom. The lowest BCUT2D eigenvalue weighted by Gasteiger charge is -2.15. The van der Waals surface area contributed by atoms with Crippen molar-refractivity contribution in [3.05, 3.63) is 213 Å². The first-order valence-electron chi connectivity index (χ1n) is 21.1. The molecule has 5 heterocycles. The van der Waals surface area contributed by atoms with Crippen LogP contribution in [0.2, 0.25) is 0 Å². The second-order valence-electron chi connectivity index (χ2n) is 15.9. The van der Waals surface area contributed by atoms with Crippen molar-refractivity contribution in [2.75, 3.05) is 0 Å². The van der Waals surface area contributed by atoms with Crippen molar-refractivity contribution in [1.82, 2.24) is 33.6 Å². The SMILES string of the molecule is c1ccc(-c2nc(-c3ccccc3-n3c4ccccc4c4ccncc43)nc(-n3c4ccccc4c4cc(-c5ccc6c(c5)c5ccccc5n6-c5ccccc5)ccc43)n2)cc1. The molecule has 7 heteroatoms. The van der Waals surface area contributed by atoms with Gasteiger partial charge in [0, 0.05) is 55.3 Å². The predicted molar refractivity (Wildman–Crippen MR) is 257 cm³/mol. The van der Waals surface area contributed by atoms with E-state index in [2.05, 4.69) is 201 Å². The molecule has 13 rings (SSSR count). The standard InChI is InChI=1S/C56H35N7/c1-3-15-36(16-4-1)54-58-55(44-22-10-14-26-50(44)62-48-24-12-7-19-40(48)43-31-32-57-35-53(43)62)60-56(59-54)63-49-25-13-9-21-42(49)46-34-38(28-30-52(46)63)37-27-29-51-45(33-37)41-20-8-11-23-47(41)61(51)39-17-5-2-6-18-39/h1-35H. The molecule has 0 aliphatic carbocycles. The Labute approximate surface area is 361 Å². The van der Waals surface area contributed by atoms with E-state index < -0.39 is 0 Å². The van der Waals surface area contributed by atoms with E-state index in [1.807, 2.05) is 30.6 Å². The van der Waals surface area contributed by atoms with Crippen LogP contribution in [-0.4, -0.2) is 33.6 Å². The van der Waals surface area contributed by atoms with Crippen LogP contribution in [0, 0.1) is 0 Å². The monoisotopic (exact) mass is 805 g/mol. The quantitative estimate of drug-likeness (QED) is 0.168. The molecular formula is C56H35N7. The molecule has 0 aliphatic rings. The maximum absolute atomic E-state index is 5.38. The molecule has 0 saturated heterocycles. The van der Waals surface area contributed by atoms with E-state index in [9.17, 15) is 0 Å². The van der Waals surface area contributed by atoms with Gasteiger partial charge < -0.3 is 9.13 Å². The van der Waals surface area contributed by atoms with Gasteiger partial charge in [-0.15, -0.1) is 0 Å². The number of fused-ring (bicyclic) bond motifs is 9. The van der Waals surface area contributed by atoms with E-state index in [0.29, 0.717) is 17.6 Å². The summed E-state index contributed by atoms with van der Waals surface area (Å²) in [4.78, 5) is 20.4. The van der Waals surface area contributed by atoms with Gasteiger partial charge in [0.2, 0.25) is 5.95 Å². The van der Waals surface area contributed by atoms with Gasteiger partial charge in [0.05, 0.1) is 45.0 Å². The molecule has 0 saturated carbocycles. The van der Waals surface area contributed by atoms with Crippen molar-refractivity contribution >= 4 is 65.4 Å². The zero-order valence-electron chi connectivity index (χ0n) is 33.8. The molecule has 0 fully saturated rings. The molecule has 8 aromatic carbocycles. The average Bonchev–Trinajstić information content (AvgIpc) is 4.00. The molecular weight excluding hydrogens is 771 g/mol. The lowest BCUT2D eigenvalue weighted by Crippen LogP contribution is -2.07. The number of para-hydroxylation sites is 5. The normalized spacial score (nSPS) is 11.8. The molecule has 63 heavy (non-hydrogen) atoms. The van der Waals surface area contributed by atoms with E-state index in [-0.39, 0.29) is 0 Å². The molecule has 0 radical (unpaired) electrons. The van der Waals surface area contributed by atoms with Gasteiger partial charge in [0.25, 0.3) is 0 Å². The second kappa shape index (κ2) is 13.9. The minimum absolute atomic E-state index is 0.548. The predicted octanol–water partition coefficient (Wildman–Crippen LogP) is 13.6. The molecule has 7 nitrogen and oxygen atoms in total. The van der Waals surface area contributed by atoms with E-state index in [1.54, 1.807) is 0 Å². The summed E-state index contributed by atoms with van der Waals surface area (Å²) in [5.74, 6) is 1.72. The first kappa shape index (κ1) is 35.1. The van der Waals surface area contributed by atoms with Crippen molar-refractivity contribution in [2.45, 2.75) is 0 Å². The van der Waals surface area contributed by atoms with E-state index in [4.69, 9.17) is 15.0 Å². The summed E-state index contributed by atoms with van der Waals surface area (Å²) in [5.41, 5.74) is 12.7. The Bertz CT molecular complexity index is 3860. The fourth-order valence-electron chi connectivity index (χ4n) is 9.61. The van der Waals surface area contributed by atoms with Crippen LogP contribution in [0.3, 0.4) is 0 Å². The largest absolute Gasteiger partial charge is 0.309 e. The Morgan fingerprint density at radius 1 is 0.317 bits per heavy atom. The summed E-state index contributed by atoms with van der Waals surface area (Å²) in [5, 5.41) is 6.99. The van der Waals surface area contributed by atoms with E-state index >= 15 is 0 Å². The number of rotatable bonds is 6. The average molecular weight is 806 g/mol. The topological polar surface area (TPSA) is 66.3 Å². The van der Waals surface area contributed by atoms with Gasteiger partial charge in [-0.1, -0.05) is 127 Å². The maximum atomic E-state index is 5.38. The van der Waals surface area contributed by atoms with Crippen molar-refractivity contribution in [3.8, 4) is 51.2 Å².